The molecule has 3 aromatic rings. The molecule has 0 fully saturated rings. The number of carbonyl (C=O) groups is 1. The molecule has 6 heteroatoms. The molecule has 5 nitrogen and oxygen atoms in total. The minimum Gasteiger partial charge on any atom is -0.340 e. The lowest BCUT2D eigenvalue weighted by Gasteiger charge is -2.16. The first-order valence-electron chi connectivity index (χ1n) is 7.60. The number of pyridine rings is 1. The normalized spacial score (nSPS) is 10.3. The van der Waals surface area contributed by atoms with Crippen LogP contribution >= 0.6 is 11.6 Å². The van der Waals surface area contributed by atoms with E-state index in [1.54, 1.807) is 36.2 Å². The highest BCUT2D eigenvalue weighted by Gasteiger charge is 2.09. The predicted octanol–water partition coefficient (Wildman–Crippen LogP) is 4.49. The van der Waals surface area contributed by atoms with E-state index in [0.717, 1.165) is 11.4 Å². The Morgan fingerprint density at radius 2 is 2.04 bits per heavy atom. The number of anilines is 3. The van der Waals surface area contributed by atoms with E-state index in [0.29, 0.717) is 27.3 Å². The number of nitrogens with one attached hydrogen (secondary N) is 1. The zero-order valence-corrected chi connectivity index (χ0v) is 14.5. The molecule has 3 rings (SSSR count). The van der Waals surface area contributed by atoms with E-state index < -0.39 is 0 Å². The summed E-state index contributed by atoms with van der Waals surface area (Å²) in [4.78, 5) is 17.6. The van der Waals surface area contributed by atoms with E-state index in [9.17, 15) is 10.1 Å². The van der Waals surface area contributed by atoms with E-state index in [-0.39, 0.29) is 5.91 Å². The highest BCUT2D eigenvalue weighted by Crippen LogP contribution is 2.26. The van der Waals surface area contributed by atoms with Crippen LogP contribution in [0.15, 0.2) is 48.5 Å². The van der Waals surface area contributed by atoms with Gasteiger partial charge in [0.25, 0.3) is 0 Å². The Kier molecular flexibility index (Phi) is 4.55. The van der Waals surface area contributed by atoms with Crippen LogP contribution < -0.4 is 10.2 Å². The topological polar surface area (TPSA) is 69.0 Å². The van der Waals surface area contributed by atoms with Crippen LogP contribution in [0.3, 0.4) is 0 Å². The maximum atomic E-state index is 11.5. The van der Waals surface area contributed by atoms with Crippen LogP contribution in [-0.4, -0.2) is 17.9 Å². The fourth-order valence-electron chi connectivity index (χ4n) is 2.48. The molecule has 124 valence electrons. The number of halogens is 1. The van der Waals surface area contributed by atoms with Gasteiger partial charge in [0.15, 0.2) is 0 Å². The average Bonchev–Trinajstić information content (AvgIpc) is 2.60. The summed E-state index contributed by atoms with van der Waals surface area (Å²) in [5.41, 5.74) is 2.72. The molecular formula is C19H15ClN4O. The Hall–Kier alpha value is -3.10. The van der Waals surface area contributed by atoms with Crippen molar-refractivity contribution in [2.45, 2.75) is 6.92 Å². The molecular weight excluding hydrogens is 336 g/mol. The number of benzene rings is 2. The smallest absolute Gasteiger partial charge is 0.223 e. The van der Waals surface area contributed by atoms with Crippen molar-refractivity contribution >= 4 is 45.6 Å². The zero-order valence-electron chi connectivity index (χ0n) is 13.7. The largest absolute Gasteiger partial charge is 0.340 e. The Labute approximate surface area is 150 Å². The van der Waals surface area contributed by atoms with Gasteiger partial charge in [0, 0.05) is 35.8 Å². The van der Waals surface area contributed by atoms with Gasteiger partial charge in [0.1, 0.15) is 5.82 Å². The second-order valence-electron chi connectivity index (χ2n) is 5.58. The van der Waals surface area contributed by atoms with Gasteiger partial charge in [-0.2, -0.15) is 5.26 Å². The molecule has 1 N–H and O–H groups in total. The Bertz CT molecular complexity index is 1010. The third-order valence-corrected chi connectivity index (χ3v) is 4.10. The van der Waals surface area contributed by atoms with Gasteiger partial charge in [0.05, 0.1) is 17.1 Å². The number of hydrogen-bond donors (Lipinski definition) is 1. The summed E-state index contributed by atoms with van der Waals surface area (Å²) in [6, 6.07) is 16.5. The van der Waals surface area contributed by atoms with Crippen LogP contribution in [0.25, 0.3) is 10.9 Å². The summed E-state index contributed by atoms with van der Waals surface area (Å²) in [6.45, 7) is 1.51. The van der Waals surface area contributed by atoms with Gasteiger partial charge in [-0.1, -0.05) is 17.7 Å². The number of hydrogen-bond acceptors (Lipinski definition) is 4. The lowest BCUT2D eigenvalue weighted by atomic mass is 10.1. The van der Waals surface area contributed by atoms with Crippen molar-refractivity contribution in [2.75, 3.05) is 17.3 Å². The fourth-order valence-corrected chi connectivity index (χ4v) is 2.65. The number of aromatic nitrogens is 1. The van der Waals surface area contributed by atoms with Crippen LogP contribution in [0.2, 0.25) is 5.02 Å². The Balaban J connectivity index is 1.99. The number of carbonyl (C=O) groups excluding carboxylic acids is 1. The number of nitrogens with zero attached hydrogens (tertiary/aromatic N) is 3. The van der Waals surface area contributed by atoms with Crippen LogP contribution in [-0.2, 0) is 4.79 Å². The second-order valence-corrected chi connectivity index (χ2v) is 6.02. The van der Waals surface area contributed by atoms with Crippen LogP contribution in [0.4, 0.5) is 17.2 Å². The minimum absolute atomic E-state index is 0.0513. The predicted molar refractivity (Wildman–Crippen MR) is 100 cm³/mol. The summed E-state index contributed by atoms with van der Waals surface area (Å²) < 4.78 is 0. The third kappa shape index (κ3) is 3.54. The quantitative estimate of drug-likeness (QED) is 0.755. The standard InChI is InChI=1S/C19H15ClN4O/c1-12(25)24(2)16-5-3-4-15(10-16)22-19-8-13(11-21)17-9-14(20)6-7-18(17)23-19/h3-10H,1-2H3,(H,22,23). The first-order chi connectivity index (χ1) is 12.0. The van der Waals surface area contributed by atoms with Crippen molar-refractivity contribution in [3.63, 3.8) is 0 Å². The molecule has 1 amide bonds. The molecule has 2 aromatic carbocycles. The molecule has 0 spiro atoms. The van der Waals surface area contributed by atoms with Gasteiger partial charge in [-0.25, -0.2) is 4.98 Å². The molecule has 0 aliphatic carbocycles. The van der Waals surface area contributed by atoms with Crippen molar-refractivity contribution in [1.29, 1.82) is 5.26 Å². The van der Waals surface area contributed by atoms with Crippen LogP contribution in [0.1, 0.15) is 12.5 Å². The minimum atomic E-state index is -0.0513. The van der Waals surface area contributed by atoms with Gasteiger partial charge in [-0.3, -0.25) is 4.79 Å². The molecule has 0 saturated heterocycles. The highest BCUT2D eigenvalue weighted by molar-refractivity contribution is 6.31. The number of fused-ring (bicyclic) bond motifs is 1. The van der Waals surface area contributed by atoms with E-state index in [4.69, 9.17) is 11.6 Å². The van der Waals surface area contributed by atoms with Gasteiger partial charge in [-0.05, 0) is 42.5 Å². The van der Waals surface area contributed by atoms with Gasteiger partial charge >= 0.3 is 0 Å². The molecule has 25 heavy (non-hydrogen) atoms. The molecule has 1 heterocycles. The van der Waals surface area contributed by atoms with E-state index >= 15 is 0 Å². The number of nitriles is 1. The molecule has 1 aromatic heterocycles. The van der Waals surface area contributed by atoms with Crippen molar-refractivity contribution in [3.8, 4) is 6.07 Å². The van der Waals surface area contributed by atoms with Crippen LogP contribution in [0.5, 0.6) is 0 Å². The van der Waals surface area contributed by atoms with Crippen molar-refractivity contribution in [1.82, 2.24) is 4.98 Å². The summed E-state index contributed by atoms with van der Waals surface area (Å²) >= 11 is 6.00. The van der Waals surface area contributed by atoms with Crippen molar-refractivity contribution < 1.29 is 4.79 Å². The lowest BCUT2D eigenvalue weighted by molar-refractivity contribution is -0.116. The summed E-state index contributed by atoms with van der Waals surface area (Å²) in [5, 5.41) is 13.9. The maximum Gasteiger partial charge on any atom is 0.223 e. The van der Waals surface area contributed by atoms with Crippen molar-refractivity contribution in [3.05, 3.63) is 59.1 Å². The molecule has 0 aliphatic rings. The molecule has 0 bridgehead atoms. The SMILES string of the molecule is CC(=O)N(C)c1cccc(Nc2cc(C#N)c3cc(Cl)ccc3n2)c1. The fraction of sp³-hybridized carbons (Fsp3) is 0.105. The average molecular weight is 351 g/mol. The number of rotatable bonds is 3. The summed E-state index contributed by atoms with van der Waals surface area (Å²) in [5.74, 6) is 0.499. The number of amides is 1. The molecule has 0 atom stereocenters. The van der Waals surface area contributed by atoms with E-state index in [2.05, 4.69) is 16.4 Å². The van der Waals surface area contributed by atoms with Gasteiger partial charge in [-0.15, -0.1) is 0 Å². The van der Waals surface area contributed by atoms with E-state index in [1.807, 2.05) is 24.3 Å². The van der Waals surface area contributed by atoms with Crippen molar-refractivity contribution in [2.24, 2.45) is 0 Å². The maximum absolute atomic E-state index is 11.5. The third-order valence-electron chi connectivity index (χ3n) is 3.87. The first kappa shape index (κ1) is 16.7. The zero-order chi connectivity index (χ0) is 18.0. The molecule has 0 aliphatic heterocycles. The summed E-state index contributed by atoms with van der Waals surface area (Å²) in [6.07, 6.45) is 0. The Morgan fingerprint density at radius 1 is 1.24 bits per heavy atom. The second kappa shape index (κ2) is 6.80. The van der Waals surface area contributed by atoms with Gasteiger partial charge < -0.3 is 10.2 Å². The molecule has 0 radical (unpaired) electrons. The van der Waals surface area contributed by atoms with Gasteiger partial charge in [0.2, 0.25) is 5.91 Å². The summed E-state index contributed by atoms with van der Waals surface area (Å²) in [7, 11) is 1.72. The Morgan fingerprint density at radius 3 is 2.76 bits per heavy atom. The lowest BCUT2D eigenvalue weighted by Crippen LogP contribution is -2.22. The van der Waals surface area contributed by atoms with E-state index in [1.165, 1.54) is 6.92 Å². The molecule has 0 saturated carbocycles. The first-order valence-corrected chi connectivity index (χ1v) is 7.97. The van der Waals surface area contributed by atoms with Crippen LogP contribution in [0, 0.1) is 11.3 Å². The molecule has 0 unspecified atom stereocenters. The monoisotopic (exact) mass is 350 g/mol. The highest BCUT2D eigenvalue weighted by atomic mass is 35.5.